The highest BCUT2D eigenvalue weighted by molar-refractivity contribution is 5.73. The monoisotopic (exact) mass is 276 g/mol. The Morgan fingerprint density at radius 2 is 1.81 bits per heavy atom. The van der Waals surface area contributed by atoms with Crippen molar-refractivity contribution in [1.29, 1.82) is 0 Å². The molecular weight excluding hydrogens is 264 g/mol. The number of hydrogen-bond donors (Lipinski definition) is 1. The molecule has 0 fully saturated rings. The van der Waals surface area contributed by atoms with Crippen LogP contribution in [0.1, 0.15) is 0 Å². The van der Waals surface area contributed by atoms with E-state index in [0.717, 1.165) is 28.0 Å². The maximum absolute atomic E-state index is 4.57. The largest absolute Gasteiger partial charge is 0.318 e. The number of aromatic nitrogens is 6. The Labute approximate surface area is 120 Å². The van der Waals surface area contributed by atoms with Crippen molar-refractivity contribution in [1.82, 2.24) is 29.7 Å². The fourth-order valence-corrected chi connectivity index (χ4v) is 2.28. The topological polar surface area (TPSA) is 72.3 Å². The van der Waals surface area contributed by atoms with Gasteiger partial charge in [-0.15, -0.1) is 0 Å². The average Bonchev–Trinajstić information content (AvgIpc) is 3.18. The minimum Gasteiger partial charge on any atom is -0.318 e. The van der Waals surface area contributed by atoms with E-state index in [0.29, 0.717) is 5.82 Å². The van der Waals surface area contributed by atoms with E-state index in [2.05, 4.69) is 25.1 Å². The van der Waals surface area contributed by atoms with Gasteiger partial charge in [-0.1, -0.05) is 24.3 Å². The second-order valence-electron chi connectivity index (χ2n) is 4.81. The summed E-state index contributed by atoms with van der Waals surface area (Å²) in [5.41, 5.74) is 4.68. The SMILES string of the molecule is Cn1cnc2cnc(-c3ccc(-c4ccn[nH]4)cc3)nc21. The molecule has 102 valence electrons. The van der Waals surface area contributed by atoms with Crippen molar-refractivity contribution in [2.24, 2.45) is 7.05 Å². The number of H-pyrrole nitrogens is 1. The molecule has 0 saturated heterocycles. The molecule has 21 heavy (non-hydrogen) atoms. The van der Waals surface area contributed by atoms with E-state index in [-0.39, 0.29) is 0 Å². The van der Waals surface area contributed by atoms with Gasteiger partial charge in [0.15, 0.2) is 11.5 Å². The van der Waals surface area contributed by atoms with E-state index in [9.17, 15) is 0 Å². The van der Waals surface area contributed by atoms with Crippen LogP contribution in [0.5, 0.6) is 0 Å². The Kier molecular flexibility index (Phi) is 2.53. The fourth-order valence-electron chi connectivity index (χ4n) is 2.28. The Bertz CT molecular complexity index is 890. The first-order valence-corrected chi connectivity index (χ1v) is 6.55. The van der Waals surface area contributed by atoms with Gasteiger partial charge in [0.1, 0.15) is 5.52 Å². The molecule has 0 saturated carbocycles. The summed E-state index contributed by atoms with van der Waals surface area (Å²) in [4.78, 5) is 13.2. The molecule has 3 heterocycles. The van der Waals surface area contributed by atoms with E-state index < -0.39 is 0 Å². The van der Waals surface area contributed by atoms with Gasteiger partial charge in [0.05, 0.1) is 18.2 Å². The van der Waals surface area contributed by atoms with E-state index in [4.69, 9.17) is 0 Å². The number of nitrogens with zero attached hydrogens (tertiary/aromatic N) is 5. The zero-order valence-electron chi connectivity index (χ0n) is 11.4. The summed E-state index contributed by atoms with van der Waals surface area (Å²) < 4.78 is 1.89. The molecule has 3 aromatic heterocycles. The maximum Gasteiger partial charge on any atom is 0.163 e. The predicted octanol–water partition coefficient (Wildman–Crippen LogP) is 2.42. The first-order chi connectivity index (χ1) is 10.3. The number of aromatic amines is 1. The zero-order valence-corrected chi connectivity index (χ0v) is 11.4. The molecule has 0 aliphatic heterocycles. The highest BCUT2D eigenvalue weighted by Crippen LogP contribution is 2.22. The predicted molar refractivity (Wildman–Crippen MR) is 79.3 cm³/mol. The standard InChI is InChI=1S/C15H12N6/c1-21-9-17-13-8-16-14(19-15(13)21)11-4-2-10(3-5-11)12-6-7-18-20-12/h2-9H,1H3,(H,18,20). The number of benzene rings is 1. The summed E-state index contributed by atoms with van der Waals surface area (Å²) in [6.07, 6.45) is 5.23. The minimum absolute atomic E-state index is 0.697. The minimum atomic E-state index is 0.697. The zero-order chi connectivity index (χ0) is 14.2. The molecule has 6 nitrogen and oxygen atoms in total. The van der Waals surface area contributed by atoms with Crippen LogP contribution in [0.25, 0.3) is 33.8 Å². The summed E-state index contributed by atoms with van der Waals surface area (Å²) in [6.45, 7) is 0. The van der Waals surface area contributed by atoms with Crippen molar-refractivity contribution in [2.75, 3.05) is 0 Å². The Balaban J connectivity index is 1.76. The van der Waals surface area contributed by atoms with Gasteiger partial charge in [-0.25, -0.2) is 15.0 Å². The molecule has 0 unspecified atom stereocenters. The molecule has 0 radical (unpaired) electrons. The van der Waals surface area contributed by atoms with Crippen molar-refractivity contribution in [3.8, 4) is 22.6 Å². The van der Waals surface area contributed by atoms with Crippen LogP contribution in [-0.2, 0) is 7.05 Å². The van der Waals surface area contributed by atoms with Gasteiger partial charge in [0.25, 0.3) is 0 Å². The Morgan fingerprint density at radius 1 is 1.00 bits per heavy atom. The second kappa shape index (κ2) is 4.52. The van der Waals surface area contributed by atoms with E-state index in [1.54, 1.807) is 18.7 Å². The quantitative estimate of drug-likeness (QED) is 0.610. The average molecular weight is 276 g/mol. The molecule has 1 N–H and O–H groups in total. The molecule has 4 aromatic rings. The Hall–Kier alpha value is -3.02. The van der Waals surface area contributed by atoms with Gasteiger partial charge >= 0.3 is 0 Å². The highest BCUT2D eigenvalue weighted by Gasteiger charge is 2.07. The third kappa shape index (κ3) is 1.97. The van der Waals surface area contributed by atoms with Gasteiger partial charge in [-0.2, -0.15) is 5.10 Å². The van der Waals surface area contributed by atoms with Crippen molar-refractivity contribution < 1.29 is 0 Å². The van der Waals surface area contributed by atoms with Crippen LogP contribution in [0.4, 0.5) is 0 Å². The number of hydrogen-bond acceptors (Lipinski definition) is 4. The van der Waals surface area contributed by atoms with E-state index in [1.165, 1.54) is 0 Å². The summed E-state index contributed by atoms with van der Waals surface area (Å²) in [5.74, 6) is 0.697. The lowest BCUT2D eigenvalue weighted by atomic mass is 10.1. The van der Waals surface area contributed by atoms with Crippen molar-refractivity contribution in [2.45, 2.75) is 0 Å². The number of aryl methyl sites for hydroxylation is 1. The summed E-state index contributed by atoms with van der Waals surface area (Å²) >= 11 is 0. The summed E-state index contributed by atoms with van der Waals surface area (Å²) in [5, 5.41) is 6.91. The van der Waals surface area contributed by atoms with E-state index >= 15 is 0 Å². The van der Waals surface area contributed by atoms with Gasteiger partial charge < -0.3 is 4.57 Å². The van der Waals surface area contributed by atoms with Gasteiger partial charge in [-0.05, 0) is 11.6 Å². The van der Waals surface area contributed by atoms with Crippen molar-refractivity contribution in [3.05, 3.63) is 49.1 Å². The van der Waals surface area contributed by atoms with Crippen molar-refractivity contribution in [3.63, 3.8) is 0 Å². The molecule has 0 aliphatic carbocycles. The van der Waals surface area contributed by atoms with Crippen LogP contribution in [-0.4, -0.2) is 29.7 Å². The molecule has 4 rings (SSSR count). The lowest BCUT2D eigenvalue weighted by Crippen LogP contribution is -1.93. The second-order valence-corrected chi connectivity index (χ2v) is 4.81. The van der Waals surface area contributed by atoms with Crippen LogP contribution in [0.3, 0.4) is 0 Å². The number of fused-ring (bicyclic) bond motifs is 1. The first-order valence-electron chi connectivity index (χ1n) is 6.55. The maximum atomic E-state index is 4.57. The van der Waals surface area contributed by atoms with Crippen LogP contribution in [0.2, 0.25) is 0 Å². The fraction of sp³-hybridized carbons (Fsp3) is 0.0667. The van der Waals surface area contributed by atoms with Crippen molar-refractivity contribution >= 4 is 11.2 Å². The Morgan fingerprint density at radius 3 is 2.57 bits per heavy atom. The lowest BCUT2D eigenvalue weighted by molar-refractivity contribution is 0.929. The molecular formula is C15H12N6. The normalized spacial score (nSPS) is 11.1. The molecule has 0 amide bonds. The number of imidazole rings is 1. The number of nitrogens with one attached hydrogen (secondary N) is 1. The molecule has 1 aromatic carbocycles. The third-order valence-corrected chi connectivity index (χ3v) is 3.41. The van der Waals surface area contributed by atoms with Gasteiger partial charge in [0, 0.05) is 18.8 Å². The van der Waals surface area contributed by atoms with Crippen LogP contribution in [0, 0.1) is 0 Å². The first kappa shape index (κ1) is 11.8. The van der Waals surface area contributed by atoms with Crippen LogP contribution in [0.15, 0.2) is 49.1 Å². The summed E-state index contributed by atoms with van der Waals surface area (Å²) in [7, 11) is 1.92. The molecule has 0 atom stereocenters. The van der Waals surface area contributed by atoms with Crippen LogP contribution < -0.4 is 0 Å². The highest BCUT2D eigenvalue weighted by atomic mass is 15.1. The van der Waals surface area contributed by atoms with Gasteiger partial charge in [-0.3, -0.25) is 5.10 Å². The van der Waals surface area contributed by atoms with Crippen LogP contribution >= 0.6 is 0 Å². The lowest BCUT2D eigenvalue weighted by Gasteiger charge is -2.02. The van der Waals surface area contributed by atoms with E-state index in [1.807, 2.05) is 41.9 Å². The smallest absolute Gasteiger partial charge is 0.163 e. The number of rotatable bonds is 2. The molecule has 0 bridgehead atoms. The van der Waals surface area contributed by atoms with Gasteiger partial charge in [0.2, 0.25) is 0 Å². The molecule has 6 heteroatoms. The molecule has 0 aliphatic rings. The third-order valence-electron chi connectivity index (χ3n) is 3.41. The summed E-state index contributed by atoms with van der Waals surface area (Å²) in [6, 6.07) is 10.0. The molecule has 0 spiro atoms.